The summed E-state index contributed by atoms with van der Waals surface area (Å²) < 4.78 is 12.3. The first kappa shape index (κ1) is 22.4. The average molecular weight is 450 g/mol. The zero-order chi connectivity index (χ0) is 23.5. The van der Waals surface area contributed by atoms with Crippen LogP contribution in [-0.4, -0.2) is 48.6 Å². The quantitative estimate of drug-likeness (QED) is 0.645. The number of pyridine rings is 1. The van der Waals surface area contributed by atoms with Crippen LogP contribution in [0.1, 0.15) is 46.4 Å². The molecule has 0 saturated carbocycles. The van der Waals surface area contributed by atoms with Crippen molar-refractivity contribution in [1.82, 2.24) is 9.47 Å². The van der Waals surface area contributed by atoms with E-state index in [9.17, 15) is 14.4 Å². The van der Waals surface area contributed by atoms with Crippen LogP contribution in [0.15, 0.2) is 47.4 Å². The maximum absolute atomic E-state index is 13.6. The van der Waals surface area contributed by atoms with Crippen LogP contribution in [-0.2, 0) is 0 Å². The van der Waals surface area contributed by atoms with Gasteiger partial charge in [0, 0.05) is 35.9 Å². The molecule has 2 aromatic carbocycles. The first-order chi connectivity index (χ1) is 15.9. The fraction of sp³-hybridized carbons (Fsp3) is 0.320. The van der Waals surface area contributed by atoms with Gasteiger partial charge in [-0.3, -0.25) is 19.0 Å². The van der Waals surface area contributed by atoms with Gasteiger partial charge in [-0.25, -0.2) is 0 Å². The molecule has 1 aliphatic heterocycles. The number of rotatable bonds is 5. The Morgan fingerprint density at radius 2 is 1.45 bits per heavy atom. The molecule has 4 rings (SSSR count). The molecule has 0 atom stereocenters. The van der Waals surface area contributed by atoms with Gasteiger partial charge in [0.1, 0.15) is 0 Å². The van der Waals surface area contributed by atoms with Crippen LogP contribution in [0.5, 0.6) is 11.5 Å². The van der Waals surface area contributed by atoms with Crippen molar-refractivity contribution in [3.63, 3.8) is 0 Å². The minimum atomic E-state index is -0.554. The molecule has 2 N–H and O–H groups in total. The summed E-state index contributed by atoms with van der Waals surface area (Å²) in [5.41, 5.74) is 6.29. The highest BCUT2D eigenvalue weighted by molar-refractivity contribution is 6.07. The molecule has 8 nitrogen and oxygen atoms in total. The van der Waals surface area contributed by atoms with Gasteiger partial charge in [-0.1, -0.05) is 12.8 Å². The number of carbonyl (C=O) groups excluding carboxylic acids is 2. The number of amides is 2. The molecule has 1 saturated heterocycles. The van der Waals surface area contributed by atoms with E-state index >= 15 is 0 Å². The van der Waals surface area contributed by atoms with Crippen LogP contribution >= 0.6 is 0 Å². The van der Waals surface area contributed by atoms with Gasteiger partial charge in [-0.2, -0.15) is 0 Å². The summed E-state index contributed by atoms with van der Waals surface area (Å²) in [6.07, 6.45) is 5.68. The Kier molecular flexibility index (Phi) is 6.35. The van der Waals surface area contributed by atoms with E-state index in [0.717, 1.165) is 25.7 Å². The molecule has 1 aliphatic rings. The molecule has 3 aromatic rings. The van der Waals surface area contributed by atoms with Crippen molar-refractivity contribution in [2.45, 2.75) is 25.7 Å². The topological polar surface area (TPSA) is 104 Å². The van der Waals surface area contributed by atoms with Gasteiger partial charge in [0.05, 0.1) is 25.2 Å². The summed E-state index contributed by atoms with van der Waals surface area (Å²) in [5, 5.41) is 0.851. The maximum Gasteiger partial charge on any atom is 0.263 e. The van der Waals surface area contributed by atoms with E-state index in [4.69, 9.17) is 15.2 Å². The number of hydrogen-bond acceptors (Lipinski definition) is 5. The minimum absolute atomic E-state index is 0.128. The lowest BCUT2D eigenvalue weighted by Gasteiger charge is -2.22. The Morgan fingerprint density at radius 3 is 2.00 bits per heavy atom. The highest BCUT2D eigenvalue weighted by Crippen LogP contribution is 2.33. The van der Waals surface area contributed by atoms with Crippen molar-refractivity contribution >= 4 is 22.6 Å². The summed E-state index contributed by atoms with van der Waals surface area (Å²) in [5.74, 6) is 0.160. The molecule has 8 heteroatoms. The van der Waals surface area contributed by atoms with Crippen molar-refractivity contribution in [2.24, 2.45) is 5.73 Å². The van der Waals surface area contributed by atoms with E-state index in [1.807, 2.05) is 4.90 Å². The van der Waals surface area contributed by atoms with Gasteiger partial charge in [0.25, 0.3) is 11.5 Å². The number of carbonyl (C=O) groups is 2. The van der Waals surface area contributed by atoms with E-state index < -0.39 is 5.91 Å². The first-order valence-corrected chi connectivity index (χ1v) is 11.0. The molecule has 2 amide bonds. The lowest BCUT2D eigenvalue weighted by atomic mass is 10.0. The van der Waals surface area contributed by atoms with Crippen LogP contribution < -0.4 is 20.8 Å². The highest BCUT2D eigenvalue weighted by atomic mass is 16.5. The summed E-state index contributed by atoms with van der Waals surface area (Å²) >= 11 is 0. The molecule has 33 heavy (non-hydrogen) atoms. The molecule has 1 fully saturated rings. The first-order valence-electron chi connectivity index (χ1n) is 11.0. The van der Waals surface area contributed by atoms with Crippen LogP contribution in [0.3, 0.4) is 0 Å². The van der Waals surface area contributed by atoms with Gasteiger partial charge in [-0.15, -0.1) is 0 Å². The minimum Gasteiger partial charge on any atom is -0.493 e. The smallest absolute Gasteiger partial charge is 0.263 e. The number of fused-ring (bicyclic) bond motifs is 1. The van der Waals surface area contributed by atoms with Crippen molar-refractivity contribution in [3.8, 4) is 17.2 Å². The van der Waals surface area contributed by atoms with Crippen LogP contribution in [0.4, 0.5) is 0 Å². The predicted molar refractivity (Wildman–Crippen MR) is 126 cm³/mol. The number of likely N-dealkylation sites (tertiary alicyclic amines) is 1. The van der Waals surface area contributed by atoms with E-state index in [2.05, 4.69) is 0 Å². The lowest BCUT2D eigenvalue weighted by molar-refractivity contribution is 0.0762. The molecular weight excluding hydrogens is 422 g/mol. The van der Waals surface area contributed by atoms with Gasteiger partial charge in [-0.05, 0) is 49.2 Å². The molecule has 0 bridgehead atoms. The van der Waals surface area contributed by atoms with Crippen molar-refractivity contribution in [1.29, 1.82) is 0 Å². The number of benzene rings is 2. The third-order valence-electron chi connectivity index (χ3n) is 6.07. The standard InChI is InChI=1S/C25H27N3O5/c1-32-21-13-18-19(14-22(21)33-2)25(31)28(17-9-7-16(8-10-17)23(26)29)15-20(18)24(30)27-11-5-3-4-6-12-27/h7-10,13-15H,3-6,11-12H2,1-2H3,(H2,26,29). The van der Waals surface area contributed by atoms with Gasteiger partial charge in [0.15, 0.2) is 11.5 Å². The monoisotopic (exact) mass is 449 g/mol. The van der Waals surface area contributed by atoms with E-state index in [1.165, 1.54) is 18.8 Å². The number of nitrogens with zero attached hydrogens (tertiary/aromatic N) is 2. The average Bonchev–Trinajstić information content (AvgIpc) is 3.13. The normalized spacial score (nSPS) is 14.1. The Balaban J connectivity index is 1.95. The van der Waals surface area contributed by atoms with E-state index in [0.29, 0.717) is 52.2 Å². The SMILES string of the molecule is COc1cc2c(C(=O)N3CCCCCC3)cn(-c3ccc(C(N)=O)cc3)c(=O)c2cc1OC. The van der Waals surface area contributed by atoms with Crippen LogP contribution in [0.2, 0.25) is 0 Å². The summed E-state index contributed by atoms with van der Waals surface area (Å²) in [4.78, 5) is 40.4. The molecule has 0 spiro atoms. The molecule has 0 unspecified atom stereocenters. The summed E-state index contributed by atoms with van der Waals surface area (Å²) in [6, 6.07) is 9.66. The Hall–Kier alpha value is -3.81. The molecule has 1 aromatic heterocycles. The Bertz CT molecular complexity index is 1260. The third kappa shape index (κ3) is 4.28. The van der Waals surface area contributed by atoms with Gasteiger partial charge < -0.3 is 20.1 Å². The zero-order valence-corrected chi connectivity index (χ0v) is 18.8. The molecular formula is C25H27N3O5. The third-order valence-corrected chi connectivity index (χ3v) is 6.07. The fourth-order valence-corrected chi connectivity index (χ4v) is 4.26. The molecule has 0 aliphatic carbocycles. The highest BCUT2D eigenvalue weighted by Gasteiger charge is 2.23. The Labute approximate surface area is 191 Å². The summed E-state index contributed by atoms with van der Waals surface area (Å²) in [7, 11) is 3.01. The van der Waals surface area contributed by atoms with Crippen LogP contribution in [0, 0.1) is 0 Å². The van der Waals surface area contributed by atoms with E-state index in [-0.39, 0.29) is 11.5 Å². The van der Waals surface area contributed by atoms with Gasteiger partial charge >= 0.3 is 0 Å². The number of methoxy groups -OCH3 is 2. The number of hydrogen-bond donors (Lipinski definition) is 1. The number of nitrogens with two attached hydrogens (primary N) is 1. The second kappa shape index (κ2) is 9.36. The largest absolute Gasteiger partial charge is 0.493 e. The number of primary amides is 1. The number of aromatic nitrogens is 1. The Morgan fingerprint density at radius 1 is 0.879 bits per heavy atom. The lowest BCUT2D eigenvalue weighted by Crippen LogP contribution is -2.33. The predicted octanol–water partition coefficient (Wildman–Crippen LogP) is 3.12. The number of ether oxygens (including phenoxy) is 2. The zero-order valence-electron chi connectivity index (χ0n) is 18.8. The van der Waals surface area contributed by atoms with Gasteiger partial charge in [0.2, 0.25) is 5.91 Å². The molecule has 0 radical (unpaired) electrons. The van der Waals surface area contributed by atoms with Crippen molar-refractivity contribution in [3.05, 3.63) is 64.1 Å². The molecule has 2 heterocycles. The van der Waals surface area contributed by atoms with Crippen molar-refractivity contribution in [2.75, 3.05) is 27.3 Å². The van der Waals surface area contributed by atoms with E-state index in [1.54, 1.807) is 42.6 Å². The van der Waals surface area contributed by atoms with Crippen molar-refractivity contribution < 1.29 is 19.1 Å². The summed E-state index contributed by atoms with van der Waals surface area (Å²) in [6.45, 7) is 1.36. The molecule has 172 valence electrons. The second-order valence-electron chi connectivity index (χ2n) is 8.09. The second-order valence-corrected chi connectivity index (χ2v) is 8.09. The van der Waals surface area contributed by atoms with Crippen LogP contribution in [0.25, 0.3) is 16.5 Å². The maximum atomic E-state index is 13.6. The fourth-order valence-electron chi connectivity index (χ4n) is 4.26.